The number of aliphatic hydroxyl groups is 1. The highest BCUT2D eigenvalue weighted by Crippen LogP contribution is 2.43. The zero-order valence-electron chi connectivity index (χ0n) is 49.3. The van der Waals surface area contributed by atoms with Crippen molar-refractivity contribution in [2.45, 2.75) is 264 Å². The Bertz CT molecular complexity index is 1720. The molecule has 0 aliphatic rings. The quantitative estimate of drug-likeness (QED) is 0.0197. The highest BCUT2D eigenvalue weighted by atomic mass is 31.2. The molecule has 2 N–H and O–H groups in total. The standard InChI is InChI=1S/C66H111O11P/c1-4-7-10-13-16-19-22-25-28-30-31-33-36-39-42-45-48-51-54-57-66(70)77-63(59-73-64(68)55-52-49-46-43-40-37-34-27-24-21-18-15-12-9-6-3)61-75-78(71,72)74-60-62(58-67)76-65(69)56-53-50-47-44-41-38-35-32-29-26-23-20-17-14-11-8-5-2/h8-9,11-12,16-21,25-29,34-35,38,62-63,67H,4-7,10,13-15,22-24,30-33,36-37,39-61H2,1-3H3,(H,71,72)/b11-8-,12-9-,19-16-,20-17-,21-18-,28-25-,29-26-,34-27-,38-35-. The van der Waals surface area contributed by atoms with Gasteiger partial charge in [-0.1, -0.05) is 220 Å². The van der Waals surface area contributed by atoms with E-state index in [1.807, 2.05) is 0 Å². The van der Waals surface area contributed by atoms with Crippen LogP contribution in [-0.4, -0.2) is 66.5 Å². The van der Waals surface area contributed by atoms with Crippen LogP contribution in [0.25, 0.3) is 0 Å². The monoisotopic (exact) mass is 1110 g/mol. The Hall–Kier alpha value is -3.86. The molecule has 3 unspecified atom stereocenters. The number of phosphoric ester groups is 1. The van der Waals surface area contributed by atoms with Crippen LogP contribution in [0.3, 0.4) is 0 Å². The van der Waals surface area contributed by atoms with Gasteiger partial charge in [0.15, 0.2) is 6.10 Å². The van der Waals surface area contributed by atoms with E-state index in [2.05, 4.69) is 130 Å². The summed E-state index contributed by atoms with van der Waals surface area (Å²) >= 11 is 0. The fourth-order valence-electron chi connectivity index (χ4n) is 8.04. The van der Waals surface area contributed by atoms with E-state index in [0.29, 0.717) is 19.3 Å². The molecule has 0 aliphatic carbocycles. The van der Waals surface area contributed by atoms with Gasteiger partial charge in [-0.15, -0.1) is 0 Å². The summed E-state index contributed by atoms with van der Waals surface area (Å²) in [5, 5.41) is 9.84. The number of esters is 3. The number of carbonyl (C=O) groups excluding carboxylic acids is 3. The van der Waals surface area contributed by atoms with Crippen molar-refractivity contribution < 1.29 is 52.2 Å². The molecular weight excluding hydrogens is 1000 g/mol. The topological polar surface area (TPSA) is 155 Å². The van der Waals surface area contributed by atoms with Gasteiger partial charge < -0.3 is 24.2 Å². The molecule has 0 saturated heterocycles. The fraction of sp³-hybridized carbons (Fsp3) is 0.682. The first-order valence-corrected chi connectivity index (χ1v) is 32.3. The largest absolute Gasteiger partial charge is 0.472 e. The lowest BCUT2D eigenvalue weighted by atomic mass is 10.1. The number of hydrogen-bond donors (Lipinski definition) is 2. The summed E-state index contributed by atoms with van der Waals surface area (Å²) in [4.78, 5) is 48.7. The summed E-state index contributed by atoms with van der Waals surface area (Å²) in [6.07, 6.45) is 71.8. The van der Waals surface area contributed by atoms with E-state index >= 15 is 0 Å². The molecule has 0 radical (unpaired) electrons. The van der Waals surface area contributed by atoms with Gasteiger partial charge in [-0.05, 0) is 122 Å². The molecule has 0 aliphatic heterocycles. The van der Waals surface area contributed by atoms with E-state index in [-0.39, 0.29) is 25.9 Å². The molecule has 0 aromatic rings. The Labute approximate surface area is 475 Å². The van der Waals surface area contributed by atoms with E-state index in [4.69, 9.17) is 23.3 Å². The second kappa shape index (κ2) is 59.3. The Kier molecular flexibility index (Phi) is 56.3. The lowest BCUT2D eigenvalue weighted by Crippen LogP contribution is -2.30. The van der Waals surface area contributed by atoms with Crippen molar-refractivity contribution in [3.8, 4) is 0 Å². The van der Waals surface area contributed by atoms with Crippen molar-refractivity contribution in [2.75, 3.05) is 26.4 Å². The second-order valence-electron chi connectivity index (χ2n) is 20.1. The number of aliphatic hydroxyl groups excluding tert-OH is 1. The van der Waals surface area contributed by atoms with Gasteiger partial charge in [-0.2, -0.15) is 0 Å². The van der Waals surface area contributed by atoms with E-state index in [1.165, 1.54) is 57.8 Å². The maximum Gasteiger partial charge on any atom is 0.472 e. The number of phosphoric acid groups is 1. The Morgan fingerprint density at radius 2 is 0.667 bits per heavy atom. The minimum Gasteiger partial charge on any atom is -0.462 e. The molecule has 0 rings (SSSR count). The predicted octanol–water partition coefficient (Wildman–Crippen LogP) is 18.6. The summed E-state index contributed by atoms with van der Waals surface area (Å²) in [6, 6.07) is 0. The summed E-state index contributed by atoms with van der Waals surface area (Å²) < 4.78 is 39.6. The first-order valence-electron chi connectivity index (χ1n) is 30.8. The summed E-state index contributed by atoms with van der Waals surface area (Å²) in [5.74, 6) is -1.52. The van der Waals surface area contributed by atoms with Gasteiger partial charge in [0.2, 0.25) is 0 Å². The van der Waals surface area contributed by atoms with Crippen LogP contribution in [0.4, 0.5) is 0 Å². The van der Waals surface area contributed by atoms with Crippen LogP contribution in [0.1, 0.15) is 252 Å². The molecule has 0 spiro atoms. The minimum absolute atomic E-state index is 0.143. The SMILES string of the molecule is CC/C=C\C/C=C\C/C=C\C/C=C\CCCCCCC(=O)OC(CO)COP(=O)(O)OCC(COC(=O)CCCCCCC/C=C\C/C=C\C/C=C\CC)OC(=O)CCCCCCCCCCC/C=C\C/C=C\CCCCC. The Balaban J connectivity index is 4.76. The van der Waals surface area contributed by atoms with Gasteiger partial charge in [-0.25, -0.2) is 4.57 Å². The zero-order valence-corrected chi connectivity index (χ0v) is 50.2. The van der Waals surface area contributed by atoms with E-state index < -0.39 is 57.8 Å². The van der Waals surface area contributed by atoms with Gasteiger partial charge >= 0.3 is 25.7 Å². The lowest BCUT2D eigenvalue weighted by Gasteiger charge is -2.21. The summed E-state index contributed by atoms with van der Waals surface area (Å²) in [6.45, 7) is 4.35. The van der Waals surface area contributed by atoms with Gasteiger partial charge in [0, 0.05) is 19.3 Å². The van der Waals surface area contributed by atoms with Gasteiger partial charge in [0.05, 0.1) is 19.8 Å². The van der Waals surface area contributed by atoms with Crippen molar-refractivity contribution in [1.29, 1.82) is 0 Å². The Morgan fingerprint density at radius 3 is 1.03 bits per heavy atom. The second-order valence-corrected chi connectivity index (χ2v) is 21.6. The molecule has 0 aromatic heterocycles. The highest BCUT2D eigenvalue weighted by Gasteiger charge is 2.28. The molecule has 0 amide bonds. The number of hydrogen-bond acceptors (Lipinski definition) is 10. The number of rotatable bonds is 56. The molecule has 0 heterocycles. The first-order chi connectivity index (χ1) is 38.2. The normalized spacial score (nSPS) is 14.1. The van der Waals surface area contributed by atoms with Crippen molar-refractivity contribution in [3.05, 3.63) is 109 Å². The molecule has 0 saturated carbocycles. The molecule has 3 atom stereocenters. The van der Waals surface area contributed by atoms with Crippen LogP contribution in [0.5, 0.6) is 0 Å². The average Bonchev–Trinajstić information content (AvgIpc) is 3.43. The third-order valence-corrected chi connectivity index (χ3v) is 13.6. The van der Waals surface area contributed by atoms with Crippen LogP contribution in [0.15, 0.2) is 109 Å². The Morgan fingerprint density at radius 1 is 0.372 bits per heavy atom. The predicted molar refractivity (Wildman–Crippen MR) is 325 cm³/mol. The average molecular weight is 1110 g/mol. The zero-order chi connectivity index (χ0) is 56.9. The molecular formula is C66H111O11P. The molecule has 11 nitrogen and oxygen atoms in total. The van der Waals surface area contributed by atoms with Crippen LogP contribution in [0.2, 0.25) is 0 Å². The fourth-order valence-corrected chi connectivity index (χ4v) is 8.82. The van der Waals surface area contributed by atoms with Crippen molar-refractivity contribution in [1.82, 2.24) is 0 Å². The minimum atomic E-state index is -4.77. The van der Waals surface area contributed by atoms with Gasteiger partial charge in [-0.3, -0.25) is 23.4 Å². The van der Waals surface area contributed by atoms with Crippen molar-refractivity contribution >= 4 is 25.7 Å². The van der Waals surface area contributed by atoms with E-state index in [9.17, 15) is 28.9 Å². The third kappa shape index (κ3) is 56.8. The van der Waals surface area contributed by atoms with Crippen LogP contribution in [-0.2, 0) is 42.2 Å². The van der Waals surface area contributed by atoms with E-state index in [0.717, 1.165) is 135 Å². The molecule has 446 valence electrons. The van der Waals surface area contributed by atoms with Gasteiger partial charge in [0.25, 0.3) is 0 Å². The maximum atomic E-state index is 12.9. The van der Waals surface area contributed by atoms with Crippen LogP contribution >= 0.6 is 7.82 Å². The third-order valence-electron chi connectivity index (χ3n) is 12.7. The maximum absolute atomic E-state index is 12.9. The number of allylic oxidation sites excluding steroid dienone is 18. The molecule has 12 heteroatoms. The van der Waals surface area contributed by atoms with Gasteiger partial charge in [0.1, 0.15) is 12.7 Å². The van der Waals surface area contributed by atoms with Crippen LogP contribution in [0, 0.1) is 0 Å². The van der Waals surface area contributed by atoms with Crippen molar-refractivity contribution in [2.24, 2.45) is 0 Å². The highest BCUT2D eigenvalue weighted by molar-refractivity contribution is 7.47. The number of ether oxygens (including phenoxy) is 3. The summed E-state index contributed by atoms with van der Waals surface area (Å²) in [7, 11) is -4.77. The smallest absolute Gasteiger partial charge is 0.462 e. The molecule has 78 heavy (non-hydrogen) atoms. The van der Waals surface area contributed by atoms with E-state index in [1.54, 1.807) is 0 Å². The summed E-state index contributed by atoms with van der Waals surface area (Å²) in [5.41, 5.74) is 0. The van der Waals surface area contributed by atoms with Crippen molar-refractivity contribution in [3.63, 3.8) is 0 Å². The number of unbranched alkanes of at least 4 members (excludes halogenated alkanes) is 21. The molecule has 0 fully saturated rings. The van der Waals surface area contributed by atoms with Crippen LogP contribution < -0.4 is 0 Å². The molecule has 0 bridgehead atoms. The number of carbonyl (C=O) groups is 3. The lowest BCUT2D eigenvalue weighted by molar-refractivity contribution is -0.161. The first kappa shape index (κ1) is 74.1. The molecule has 0 aromatic carbocycles.